The van der Waals surface area contributed by atoms with Gasteiger partial charge in [0.05, 0.1) is 12.2 Å². The smallest absolute Gasteiger partial charge is 0.146 e. The molecule has 18 heavy (non-hydrogen) atoms. The molecule has 0 fully saturated rings. The zero-order valence-corrected chi connectivity index (χ0v) is 10.2. The first-order valence-electron chi connectivity index (χ1n) is 5.66. The van der Waals surface area contributed by atoms with Crippen LogP contribution < -0.4 is 5.32 Å². The van der Waals surface area contributed by atoms with Crippen LogP contribution in [-0.4, -0.2) is 12.0 Å². The van der Waals surface area contributed by atoms with E-state index in [0.29, 0.717) is 11.1 Å². The van der Waals surface area contributed by atoms with Crippen molar-refractivity contribution < 1.29 is 8.78 Å². The summed E-state index contributed by atoms with van der Waals surface area (Å²) < 4.78 is 27.0. The molecule has 0 aliphatic rings. The maximum atomic E-state index is 13.7. The summed E-state index contributed by atoms with van der Waals surface area (Å²) in [4.78, 5) is 3.72. The van der Waals surface area contributed by atoms with Gasteiger partial charge < -0.3 is 5.32 Å². The zero-order valence-electron chi connectivity index (χ0n) is 10.2. The Morgan fingerprint density at radius 3 is 2.56 bits per heavy atom. The van der Waals surface area contributed by atoms with Crippen molar-refractivity contribution in [3.8, 4) is 0 Å². The summed E-state index contributed by atoms with van der Waals surface area (Å²) in [6, 6.07) is 6.08. The van der Waals surface area contributed by atoms with Gasteiger partial charge in [-0.3, -0.25) is 4.98 Å². The van der Waals surface area contributed by atoms with Crippen LogP contribution in [0.2, 0.25) is 0 Å². The number of halogens is 2. The Labute approximate surface area is 105 Å². The fraction of sp³-hybridized carbons (Fsp3) is 0.214. The summed E-state index contributed by atoms with van der Waals surface area (Å²) in [5.74, 6) is -0.636. The number of hydrogen-bond donors (Lipinski definition) is 1. The SMILES string of the molecule is CNC(c1ccc(F)c(C)c1)c1ccncc1F. The molecule has 0 radical (unpaired) electrons. The third-order valence-corrected chi connectivity index (χ3v) is 2.92. The third-order valence-electron chi connectivity index (χ3n) is 2.92. The average Bonchev–Trinajstić information content (AvgIpc) is 2.37. The first kappa shape index (κ1) is 12.6. The van der Waals surface area contributed by atoms with Crippen molar-refractivity contribution in [1.29, 1.82) is 0 Å². The molecule has 2 rings (SSSR count). The number of hydrogen-bond acceptors (Lipinski definition) is 2. The lowest BCUT2D eigenvalue weighted by molar-refractivity contribution is 0.569. The Hall–Kier alpha value is -1.81. The van der Waals surface area contributed by atoms with Crippen LogP contribution in [0.25, 0.3) is 0 Å². The number of rotatable bonds is 3. The quantitative estimate of drug-likeness (QED) is 0.903. The molecule has 4 heteroatoms. The van der Waals surface area contributed by atoms with Gasteiger partial charge in [-0.25, -0.2) is 8.78 Å². The van der Waals surface area contributed by atoms with Crippen molar-refractivity contribution in [3.63, 3.8) is 0 Å². The van der Waals surface area contributed by atoms with Crippen LogP contribution in [0.4, 0.5) is 8.78 Å². The van der Waals surface area contributed by atoms with E-state index in [9.17, 15) is 8.78 Å². The molecule has 0 aliphatic carbocycles. The summed E-state index contributed by atoms with van der Waals surface area (Å²) in [6.45, 7) is 1.69. The molecule has 0 aliphatic heterocycles. The highest BCUT2D eigenvalue weighted by molar-refractivity contribution is 5.34. The van der Waals surface area contributed by atoms with Crippen LogP contribution in [0.15, 0.2) is 36.7 Å². The van der Waals surface area contributed by atoms with Crippen molar-refractivity contribution in [3.05, 3.63) is 65.0 Å². The van der Waals surface area contributed by atoms with Gasteiger partial charge in [0.15, 0.2) is 0 Å². The predicted molar refractivity (Wildman–Crippen MR) is 66.2 cm³/mol. The summed E-state index contributed by atoms with van der Waals surface area (Å²) in [7, 11) is 1.74. The number of aromatic nitrogens is 1. The predicted octanol–water partition coefficient (Wildman–Crippen LogP) is 2.98. The van der Waals surface area contributed by atoms with Crippen LogP contribution in [0.3, 0.4) is 0 Å². The van der Waals surface area contributed by atoms with E-state index in [1.165, 1.54) is 12.3 Å². The summed E-state index contributed by atoms with van der Waals surface area (Å²) in [5.41, 5.74) is 1.86. The summed E-state index contributed by atoms with van der Waals surface area (Å²) in [6.07, 6.45) is 2.72. The lowest BCUT2D eigenvalue weighted by Crippen LogP contribution is -2.19. The molecule has 0 saturated heterocycles. The van der Waals surface area contributed by atoms with Gasteiger partial charge in [0.1, 0.15) is 11.6 Å². The van der Waals surface area contributed by atoms with Gasteiger partial charge in [-0.05, 0) is 37.2 Å². The second kappa shape index (κ2) is 5.23. The molecule has 1 aromatic carbocycles. The van der Waals surface area contributed by atoms with Crippen LogP contribution in [-0.2, 0) is 0 Å². The first-order valence-corrected chi connectivity index (χ1v) is 5.66. The van der Waals surface area contributed by atoms with Crippen molar-refractivity contribution >= 4 is 0 Å². The largest absolute Gasteiger partial charge is 0.309 e. The Kier molecular flexibility index (Phi) is 3.67. The van der Waals surface area contributed by atoms with E-state index in [-0.39, 0.29) is 17.7 Å². The molecule has 1 aromatic heterocycles. The maximum Gasteiger partial charge on any atom is 0.146 e. The van der Waals surface area contributed by atoms with Gasteiger partial charge in [-0.1, -0.05) is 12.1 Å². The standard InChI is InChI=1S/C14H14F2N2/c1-9-7-10(3-4-12(9)15)14(17-2)11-5-6-18-8-13(11)16/h3-8,14,17H,1-2H3. The van der Waals surface area contributed by atoms with E-state index in [1.54, 1.807) is 38.4 Å². The molecule has 1 atom stereocenters. The van der Waals surface area contributed by atoms with Crippen molar-refractivity contribution in [2.45, 2.75) is 13.0 Å². The maximum absolute atomic E-state index is 13.7. The fourth-order valence-corrected chi connectivity index (χ4v) is 1.97. The van der Waals surface area contributed by atoms with Gasteiger partial charge in [-0.2, -0.15) is 0 Å². The van der Waals surface area contributed by atoms with Crippen molar-refractivity contribution in [2.24, 2.45) is 0 Å². The number of aryl methyl sites for hydroxylation is 1. The minimum atomic E-state index is -0.376. The van der Waals surface area contributed by atoms with Crippen molar-refractivity contribution in [2.75, 3.05) is 7.05 Å². The highest BCUT2D eigenvalue weighted by Crippen LogP contribution is 2.24. The number of benzene rings is 1. The number of pyridine rings is 1. The van der Waals surface area contributed by atoms with E-state index < -0.39 is 0 Å². The molecule has 2 aromatic rings. The Morgan fingerprint density at radius 2 is 1.94 bits per heavy atom. The monoisotopic (exact) mass is 248 g/mol. The van der Waals surface area contributed by atoms with Gasteiger partial charge in [0.2, 0.25) is 0 Å². The molecular formula is C14H14F2N2. The molecule has 1 unspecified atom stereocenters. The number of nitrogens with zero attached hydrogens (tertiary/aromatic N) is 1. The Morgan fingerprint density at radius 1 is 1.17 bits per heavy atom. The topological polar surface area (TPSA) is 24.9 Å². The van der Waals surface area contributed by atoms with E-state index in [0.717, 1.165) is 5.56 Å². The molecule has 2 nitrogen and oxygen atoms in total. The highest BCUT2D eigenvalue weighted by Gasteiger charge is 2.16. The van der Waals surface area contributed by atoms with Crippen LogP contribution in [0.5, 0.6) is 0 Å². The summed E-state index contributed by atoms with van der Waals surface area (Å²) in [5, 5.41) is 3.03. The van der Waals surface area contributed by atoms with Crippen LogP contribution in [0.1, 0.15) is 22.7 Å². The van der Waals surface area contributed by atoms with Gasteiger partial charge in [0, 0.05) is 11.8 Å². The normalized spacial score (nSPS) is 12.4. The van der Waals surface area contributed by atoms with Gasteiger partial charge in [0.25, 0.3) is 0 Å². The molecule has 0 spiro atoms. The summed E-state index contributed by atoms with van der Waals surface area (Å²) >= 11 is 0. The lowest BCUT2D eigenvalue weighted by Gasteiger charge is -2.18. The van der Waals surface area contributed by atoms with E-state index in [2.05, 4.69) is 10.3 Å². The third kappa shape index (κ3) is 2.38. The van der Waals surface area contributed by atoms with Crippen LogP contribution >= 0.6 is 0 Å². The average molecular weight is 248 g/mol. The number of nitrogens with one attached hydrogen (secondary N) is 1. The molecule has 0 saturated carbocycles. The van der Waals surface area contributed by atoms with Gasteiger partial charge >= 0.3 is 0 Å². The second-order valence-electron chi connectivity index (χ2n) is 4.13. The zero-order chi connectivity index (χ0) is 13.1. The van der Waals surface area contributed by atoms with Crippen LogP contribution in [0, 0.1) is 18.6 Å². The highest BCUT2D eigenvalue weighted by atomic mass is 19.1. The van der Waals surface area contributed by atoms with E-state index >= 15 is 0 Å². The molecule has 1 heterocycles. The molecule has 0 amide bonds. The molecule has 1 N–H and O–H groups in total. The van der Waals surface area contributed by atoms with Gasteiger partial charge in [-0.15, -0.1) is 0 Å². The molecule has 0 bridgehead atoms. The van der Waals surface area contributed by atoms with E-state index in [1.807, 2.05) is 0 Å². The molecular weight excluding hydrogens is 234 g/mol. The lowest BCUT2D eigenvalue weighted by atomic mass is 9.98. The Balaban J connectivity index is 2.45. The first-order chi connectivity index (χ1) is 8.63. The molecule has 94 valence electrons. The van der Waals surface area contributed by atoms with Crippen molar-refractivity contribution in [1.82, 2.24) is 10.3 Å². The fourth-order valence-electron chi connectivity index (χ4n) is 1.97. The second-order valence-corrected chi connectivity index (χ2v) is 4.13. The Bertz CT molecular complexity index is 555. The minimum Gasteiger partial charge on any atom is -0.309 e. The van der Waals surface area contributed by atoms with E-state index in [4.69, 9.17) is 0 Å². The minimum absolute atomic E-state index is 0.260.